The molecule has 2 bridgehead atoms. The first-order valence-electron chi connectivity index (χ1n) is 5.35. The Morgan fingerprint density at radius 1 is 1.50 bits per heavy atom. The number of likely N-dealkylation sites (N-methyl/N-ethyl adjacent to an activating group) is 1. The molecule has 3 aliphatic heterocycles. The standard InChI is InChI=1S/C10H18NO2.BrH/c1-3-11(2)7-4-5-8(11)9-10(12,6-7)13-9;/h7-9,12H,3-6H2,1-2H3;1H/q+1;/p-1/t7-,8+,9?,10-,11?;/m0./s1. The van der Waals surface area contributed by atoms with Crippen LogP contribution in [0.3, 0.4) is 0 Å². The average molecular weight is 264 g/mol. The minimum Gasteiger partial charge on any atom is -1.00 e. The molecule has 0 aromatic rings. The normalized spacial score (nSPS) is 58.9. The summed E-state index contributed by atoms with van der Waals surface area (Å²) in [4.78, 5) is 0. The number of hydrogen-bond acceptors (Lipinski definition) is 2. The SMILES string of the molecule is CC[N+]1(C)[C@H]2CC[C@@H]1C1O[C@@]1(O)C2.[Br-]. The highest BCUT2D eigenvalue weighted by atomic mass is 79.9. The van der Waals surface area contributed by atoms with Crippen LogP contribution < -0.4 is 17.0 Å². The number of piperidine rings is 1. The molecule has 3 saturated heterocycles. The Labute approximate surface area is 95.4 Å². The number of hydrogen-bond donors (Lipinski definition) is 1. The minimum atomic E-state index is -0.710. The lowest BCUT2D eigenvalue weighted by atomic mass is 9.97. The fraction of sp³-hybridized carbons (Fsp3) is 1.00. The van der Waals surface area contributed by atoms with Crippen molar-refractivity contribution in [3.05, 3.63) is 0 Å². The maximum Gasteiger partial charge on any atom is 0.204 e. The highest BCUT2D eigenvalue weighted by Crippen LogP contribution is 2.55. The molecule has 0 aromatic carbocycles. The second-order valence-electron chi connectivity index (χ2n) is 5.05. The molecule has 3 rings (SSSR count). The summed E-state index contributed by atoms with van der Waals surface area (Å²) in [7, 11) is 2.32. The van der Waals surface area contributed by atoms with Crippen molar-refractivity contribution in [2.24, 2.45) is 0 Å². The summed E-state index contributed by atoms with van der Waals surface area (Å²) in [5.41, 5.74) is 0. The van der Waals surface area contributed by atoms with Crippen molar-refractivity contribution in [2.75, 3.05) is 13.6 Å². The topological polar surface area (TPSA) is 32.8 Å². The number of quaternary nitrogens is 1. The van der Waals surface area contributed by atoms with E-state index in [9.17, 15) is 5.11 Å². The molecule has 3 aliphatic rings. The summed E-state index contributed by atoms with van der Waals surface area (Å²) >= 11 is 0. The van der Waals surface area contributed by atoms with Crippen molar-refractivity contribution in [2.45, 2.75) is 50.2 Å². The number of fused-ring (bicyclic) bond motifs is 4. The van der Waals surface area contributed by atoms with E-state index in [2.05, 4.69) is 14.0 Å². The van der Waals surface area contributed by atoms with Crippen molar-refractivity contribution in [1.29, 1.82) is 0 Å². The Bertz CT molecular complexity index is 263. The number of nitrogens with zero attached hydrogens (tertiary/aromatic N) is 1. The molecule has 0 spiro atoms. The number of epoxide rings is 1. The second-order valence-corrected chi connectivity index (χ2v) is 5.05. The molecule has 14 heavy (non-hydrogen) atoms. The van der Waals surface area contributed by atoms with E-state index in [1.807, 2.05) is 0 Å². The summed E-state index contributed by atoms with van der Waals surface area (Å²) in [5, 5.41) is 9.92. The molecule has 0 saturated carbocycles. The highest BCUT2D eigenvalue weighted by molar-refractivity contribution is 5.07. The molecular weight excluding hydrogens is 246 g/mol. The molecule has 3 nitrogen and oxygen atoms in total. The van der Waals surface area contributed by atoms with Crippen LogP contribution in [0, 0.1) is 0 Å². The Hall–Kier alpha value is 0.360. The van der Waals surface area contributed by atoms with Gasteiger partial charge in [-0.15, -0.1) is 0 Å². The molecule has 0 aromatic heterocycles. The van der Waals surface area contributed by atoms with Crippen LogP contribution in [-0.4, -0.2) is 47.2 Å². The summed E-state index contributed by atoms with van der Waals surface area (Å²) in [6, 6.07) is 1.20. The Morgan fingerprint density at radius 2 is 2.21 bits per heavy atom. The van der Waals surface area contributed by atoms with Crippen molar-refractivity contribution in [3.63, 3.8) is 0 Å². The molecule has 0 amide bonds. The largest absolute Gasteiger partial charge is 1.00 e. The zero-order valence-electron chi connectivity index (χ0n) is 8.74. The third-order valence-electron chi connectivity index (χ3n) is 4.66. The summed E-state index contributed by atoms with van der Waals surface area (Å²) in [6.07, 6.45) is 3.52. The monoisotopic (exact) mass is 263 g/mol. The fourth-order valence-corrected chi connectivity index (χ4v) is 3.55. The lowest BCUT2D eigenvalue weighted by Gasteiger charge is -2.43. The van der Waals surface area contributed by atoms with Gasteiger partial charge in [-0.2, -0.15) is 0 Å². The van der Waals surface area contributed by atoms with E-state index in [1.165, 1.54) is 19.4 Å². The molecule has 4 heteroatoms. The molecule has 5 atom stereocenters. The minimum absolute atomic E-state index is 0. The Kier molecular flexibility index (Phi) is 2.28. The van der Waals surface area contributed by atoms with Gasteiger partial charge in [-0.25, -0.2) is 0 Å². The van der Waals surface area contributed by atoms with E-state index < -0.39 is 5.79 Å². The summed E-state index contributed by atoms with van der Waals surface area (Å²) in [6.45, 7) is 3.42. The molecule has 2 unspecified atom stereocenters. The number of aliphatic hydroxyl groups is 1. The smallest absolute Gasteiger partial charge is 0.204 e. The molecule has 82 valence electrons. The van der Waals surface area contributed by atoms with Gasteiger partial charge in [0, 0.05) is 12.8 Å². The van der Waals surface area contributed by atoms with E-state index in [1.54, 1.807) is 0 Å². The van der Waals surface area contributed by atoms with Crippen molar-refractivity contribution in [1.82, 2.24) is 0 Å². The number of halogens is 1. The van der Waals surface area contributed by atoms with Crippen LogP contribution in [0.5, 0.6) is 0 Å². The van der Waals surface area contributed by atoms with Crippen LogP contribution in [0.2, 0.25) is 0 Å². The molecule has 1 N–H and O–H groups in total. The van der Waals surface area contributed by atoms with E-state index in [-0.39, 0.29) is 23.1 Å². The van der Waals surface area contributed by atoms with Gasteiger partial charge < -0.3 is 31.3 Å². The lowest BCUT2D eigenvalue weighted by Crippen LogP contribution is -3.00. The van der Waals surface area contributed by atoms with E-state index >= 15 is 0 Å². The Morgan fingerprint density at radius 3 is 2.86 bits per heavy atom. The van der Waals surface area contributed by atoms with Crippen LogP contribution in [0.4, 0.5) is 0 Å². The van der Waals surface area contributed by atoms with Crippen LogP contribution in [-0.2, 0) is 4.74 Å². The first-order chi connectivity index (χ1) is 6.10. The van der Waals surface area contributed by atoms with Gasteiger partial charge in [0.05, 0.1) is 26.1 Å². The van der Waals surface area contributed by atoms with Crippen LogP contribution in [0.25, 0.3) is 0 Å². The summed E-state index contributed by atoms with van der Waals surface area (Å²) in [5.74, 6) is -0.710. The zero-order chi connectivity index (χ0) is 9.27. The van der Waals surface area contributed by atoms with Crippen molar-refractivity contribution < 1.29 is 31.3 Å². The third kappa shape index (κ3) is 1.08. The van der Waals surface area contributed by atoms with Crippen LogP contribution >= 0.6 is 0 Å². The molecular formula is C10H18BrNO2. The van der Waals surface area contributed by atoms with Gasteiger partial charge in [-0.05, 0) is 6.92 Å². The third-order valence-corrected chi connectivity index (χ3v) is 4.66. The maximum atomic E-state index is 9.92. The number of rotatable bonds is 1. The fourth-order valence-electron chi connectivity index (χ4n) is 3.55. The van der Waals surface area contributed by atoms with Gasteiger partial charge in [0.25, 0.3) is 0 Å². The lowest BCUT2D eigenvalue weighted by molar-refractivity contribution is -0.946. The van der Waals surface area contributed by atoms with Gasteiger partial charge in [-0.3, -0.25) is 0 Å². The first-order valence-corrected chi connectivity index (χ1v) is 5.35. The maximum absolute atomic E-state index is 9.92. The van der Waals surface area contributed by atoms with E-state index in [0.29, 0.717) is 12.1 Å². The van der Waals surface area contributed by atoms with Gasteiger partial charge in [0.1, 0.15) is 6.04 Å². The van der Waals surface area contributed by atoms with Gasteiger partial charge in [-0.1, -0.05) is 0 Å². The van der Waals surface area contributed by atoms with Crippen molar-refractivity contribution in [3.8, 4) is 0 Å². The van der Waals surface area contributed by atoms with Crippen molar-refractivity contribution >= 4 is 0 Å². The van der Waals surface area contributed by atoms with Crippen LogP contribution in [0.1, 0.15) is 26.2 Å². The van der Waals surface area contributed by atoms with Gasteiger partial charge >= 0.3 is 0 Å². The molecule has 0 aliphatic carbocycles. The highest BCUT2D eigenvalue weighted by Gasteiger charge is 2.72. The van der Waals surface area contributed by atoms with Crippen LogP contribution in [0.15, 0.2) is 0 Å². The first kappa shape index (κ1) is 10.9. The average Bonchev–Trinajstić information content (AvgIpc) is 2.67. The Balaban J connectivity index is 0.000000750. The predicted molar refractivity (Wildman–Crippen MR) is 48.0 cm³/mol. The molecule has 0 radical (unpaired) electrons. The second kappa shape index (κ2) is 2.94. The predicted octanol–water partition coefficient (Wildman–Crippen LogP) is -2.52. The molecule has 3 fully saturated rings. The molecule has 3 heterocycles. The zero-order valence-corrected chi connectivity index (χ0v) is 10.3. The van der Waals surface area contributed by atoms with E-state index in [4.69, 9.17) is 4.74 Å². The van der Waals surface area contributed by atoms with E-state index in [0.717, 1.165) is 10.9 Å². The van der Waals surface area contributed by atoms with Gasteiger partial charge in [0.15, 0.2) is 6.10 Å². The van der Waals surface area contributed by atoms with Gasteiger partial charge in [0.2, 0.25) is 5.79 Å². The quantitative estimate of drug-likeness (QED) is 0.419. The summed E-state index contributed by atoms with van der Waals surface area (Å²) < 4.78 is 6.57. The number of ether oxygens (including phenoxy) is 1.